The fourth-order valence-corrected chi connectivity index (χ4v) is 2.77. The maximum atomic E-state index is 4.13. The molecule has 1 aliphatic rings. The summed E-state index contributed by atoms with van der Waals surface area (Å²) in [6, 6.07) is 2.76. The summed E-state index contributed by atoms with van der Waals surface area (Å²) < 4.78 is 0. The molecular formula is C15H24N2. The van der Waals surface area contributed by atoms with Gasteiger partial charge in [-0.1, -0.05) is 19.3 Å². The van der Waals surface area contributed by atoms with Gasteiger partial charge in [0.15, 0.2) is 0 Å². The van der Waals surface area contributed by atoms with Crippen molar-refractivity contribution in [1.29, 1.82) is 0 Å². The monoisotopic (exact) mass is 232 g/mol. The average Bonchev–Trinajstić information content (AvgIpc) is 2.38. The van der Waals surface area contributed by atoms with Crippen LogP contribution in [0.5, 0.6) is 0 Å². The lowest BCUT2D eigenvalue weighted by Crippen LogP contribution is -2.34. The Hall–Kier alpha value is -0.890. The molecule has 0 radical (unpaired) electrons. The molecule has 1 aliphatic carbocycles. The summed E-state index contributed by atoms with van der Waals surface area (Å²) >= 11 is 0. The molecule has 2 heteroatoms. The highest BCUT2D eigenvalue weighted by Gasteiger charge is 2.19. The fourth-order valence-electron chi connectivity index (χ4n) is 2.77. The van der Waals surface area contributed by atoms with Crippen LogP contribution in [0.15, 0.2) is 18.5 Å². The summed E-state index contributed by atoms with van der Waals surface area (Å²) in [5.74, 6) is 0.880. The normalized spacial score (nSPS) is 19.2. The number of nitrogens with one attached hydrogen (secondary N) is 1. The van der Waals surface area contributed by atoms with Crippen LogP contribution in [0.4, 0.5) is 0 Å². The second kappa shape index (κ2) is 6.15. The van der Waals surface area contributed by atoms with Crippen LogP contribution >= 0.6 is 0 Å². The molecule has 0 saturated heterocycles. The van der Waals surface area contributed by atoms with E-state index in [1.165, 1.54) is 43.2 Å². The lowest BCUT2D eigenvalue weighted by Gasteiger charge is -2.28. The molecule has 1 unspecified atom stereocenters. The van der Waals surface area contributed by atoms with Crippen molar-refractivity contribution >= 4 is 0 Å². The van der Waals surface area contributed by atoms with Gasteiger partial charge >= 0.3 is 0 Å². The van der Waals surface area contributed by atoms with Crippen molar-refractivity contribution in [3.63, 3.8) is 0 Å². The Morgan fingerprint density at radius 3 is 2.82 bits per heavy atom. The van der Waals surface area contributed by atoms with Crippen LogP contribution in [-0.2, 0) is 6.54 Å². The summed E-state index contributed by atoms with van der Waals surface area (Å²) in [5.41, 5.74) is 2.67. The zero-order valence-corrected chi connectivity index (χ0v) is 11.1. The Morgan fingerprint density at radius 1 is 1.35 bits per heavy atom. The summed E-state index contributed by atoms with van der Waals surface area (Å²) in [6.45, 7) is 5.45. The van der Waals surface area contributed by atoms with E-state index in [1.807, 2.05) is 12.4 Å². The van der Waals surface area contributed by atoms with Gasteiger partial charge in [0.1, 0.15) is 0 Å². The Kier molecular flexibility index (Phi) is 4.55. The van der Waals surface area contributed by atoms with Crippen LogP contribution < -0.4 is 5.32 Å². The third-order valence-electron chi connectivity index (χ3n) is 4.11. The van der Waals surface area contributed by atoms with Gasteiger partial charge in [-0.15, -0.1) is 0 Å². The average molecular weight is 232 g/mol. The lowest BCUT2D eigenvalue weighted by atomic mass is 9.84. The van der Waals surface area contributed by atoms with Gasteiger partial charge in [0, 0.05) is 25.0 Å². The largest absolute Gasteiger partial charge is 0.310 e. The van der Waals surface area contributed by atoms with Crippen LogP contribution in [0.3, 0.4) is 0 Å². The van der Waals surface area contributed by atoms with Crippen molar-refractivity contribution in [3.8, 4) is 0 Å². The van der Waals surface area contributed by atoms with Gasteiger partial charge in [0.05, 0.1) is 0 Å². The van der Waals surface area contributed by atoms with Crippen molar-refractivity contribution in [2.24, 2.45) is 5.92 Å². The van der Waals surface area contributed by atoms with E-state index in [1.54, 1.807) is 0 Å². The lowest BCUT2D eigenvalue weighted by molar-refractivity contribution is 0.280. The molecule has 0 spiro atoms. The SMILES string of the molecule is Cc1cnccc1CNC(C)C1CCCCC1. The first-order valence-corrected chi connectivity index (χ1v) is 6.90. The number of nitrogens with zero attached hydrogens (tertiary/aromatic N) is 1. The summed E-state index contributed by atoms with van der Waals surface area (Å²) in [4.78, 5) is 4.13. The fraction of sp³-hybridized carbons (Fsp3) is 0.667. The molecule has 94 valence electrons. The predicted octanol–water partition coefficient (Wildman–Crippen LogP) is 3.45. The van der Waals surface area contributed by atoms with Crippen molar-refractivity contribution < 1.29 is 0 Å². The molecule has 1 fully saturated rings. The second-order valence-electron chi connectivity index (χ2n) is 5.37. The predicted molar refractivity (Wildman–Crippen MR) is 71.9 cm³/mol. The third kappa shape index (κ3) is 3.53. The van der Waals surface area contributed by atoms with Gasteiger partial charge in [-0.25, -0.2) is 0 Å². The van der Waals surface area contributed by atoms with Gasteiger partial charge in [0.25, 0.3) is 0 Å². The van der Waals surface area contributed by atoms with E-state index in [2.05, 4.69) is 30.2 Å². The molecule has 0 aliphatic heterocycles. The molecule has 1 N–H and O–H groups in total. The zero-order chi connectivity index (χ0) is 12.1. The number of aromatic nitrogens is 1. The highest BCUT2D eigenvalue weighted by molar-refractivity contribution is 5.21. The Labute approximate surface area is 105 Å². The third-order valence-corrected chi connectivity index (χ3v) is 4.11. The van der Waals surface area contributed by atoms with Crippen molar-refractivity contribution in [1.82, 2.24) is 10.3 Å². The molecule has 0 aromatic carbocycles. The first kappa shape index (κ1) is 12.6. The standard InChI is InChI=1S/C15H24N2/c1-12-10-16-9-8-15(12)11-17-13(2)14-6-4-3-5-7-14/h8-10,13-14,17H,3-7,11H2,1-2H3. The van der Waals surface area contributed by atoms with Gasteiger partial charge < -0.3 is 5.32 Å². The van der Waals surface area contributed by atoms with E-state index >= 15 is 0 Å². The van der Waals surface area contributed by atoms with E-state index < -0.39 is 0 Å². The Bertz CT molecular complexity index is 343. The minimum absolute atomic E-state index is 0.642. The molecular weight excluding hydrogens is 208 g/mol. The van der Waals surface area contributed by atoms with E-state index in [0.717, 1.165) is 12.5 Å². The summed E-state index contributed by atoms with van der Waals surface area (Å²) in [5, 5.41) is 3.68. The van der Waals surface area contributed by atoms with E-state index in [4.69, 9.17) is 0 Å². The Morgan fingerprint density at radius 2 is 2.12 bits per heavy atom. The highest BCUT2D eigenvalue weighted by atomic mass is 14.9. The van der Waals surface area contributed by atoms with Crippen molar-refractivity contribution in [3.05, 3.63) is 29.6 Å². The van der Waals surface area contributed by atoms with E-state index in [-0.39, 0.29) is 0 Å². The van der Waals surface area contributed by atoms with Crippen LogP contribution in [0.2, 0.25) is 0 Å². The topological polar surface area (TPSA) is 24.9 Å². The van der Waals surface area contributed by atoms with Crippen LogP contribution in [0.25, 0.3) is 0 Å². The van der Waals surface area contributed by atoms with E-state index in [9.17, 15) is 0 Å². The molecule has 1 aromatic rings. The van der Waals surface area contributed by atoms with Crippen LogP contribution in [-0.4, -0.2) is 11.0 Å². The molecule has 2 nitrogen and oxygen atoms in total. The molecule has 2 rings (SSSR count). The summed E-state index contributed by atoms with van der Waals surface area (Å²) in [7, 11) is 0. The number of rotatable bonds is 4. The molecule has 1 atom stereocenters. The first-order chi connectivity index (χ1) is 8.27. The number of hydrogen-bond donors (Lipinski definition) is 1. The molecule has 0 amide bonds. The summed E-state index contributed by atoms with van der Waals surface area (Å²) in [6.07, 6.45) is 10.9. The van der Waals surface area contributed by atoms with Gasteiger partial charge in [-0.3, -0.25) is 4.98 Å². The van der Waals surface area contributed by atoms with E-state index in [0.29, 0.717) is 6.04 Å². The molecule has 1 saturated carbocycles. The number of aryl methyl sites for hydroxylation is 1. The highest BCUT2D eigenvalue weighted by Crippen LogP contribution is 2.26. The maximum Gasteiger partial charge on any atom is 0.0300 e. The molecule has 1 heterocycles. The molecule has 1 aromatic heterocycles. The number of hydrogen-bond acceptors (Lipinski definition) is 2. The van der Waals surface area contributed by atoms with Gasteiger partial charge in [-0.05, 0) is 49.8 Å². The first-order valence-electron chi connectivity index (χ1n) is 6.90. The van der Waals surface area contributed by atoms with Crippen molar-refractivity contribution in [2.45, 2.75) is 58.5 Å². The molecule has 0 bridgehead atoms. The second-order valence-corrected chi connectivity index (χ2v) is 5.37. The minimum Gasteiger partial charge on any atom is -0.310 e. The smallest absolute Gasteiger partial charge is 0.0300 e. The van der Waals surface area contributed by atoms with Crippen LogP contribution in [0.1, 0.15) is 50.2 Å². The quantitative estimate of drug-likeness (QED) is 0.860. The minimum atomic E-state index is 0.642. The zero-order valence-electron chi connectivity index (χ0n) is 11.1. The Balaban J connectivity index is 1.83. The number of pyridine rings is 1. The molecule has 17 heavy (non-hydrogen) atoms. The van der Waals surface area contributed by atoms with Crippen LogP contribution in [0, 0.1) is 12.8 Å². The van der Waals surface area contributed by atoms with Crippen molar-refractivity contribution in [2.75, 3.05) is 0 Å². The maximum absolute atomic E-state index is 4.13. The van der Waals surface area contributed by atoms with Gasteiger partial charge in [-0.2, -0.15) is 0 Å². The van der Waals surface area contributed by atoms with Gasteiger partial charge in [0.2, 0.25) is 0 Å².